The van der Waals surface area contributed by atoms with Crippen molar-refractivity contribution in [3.05, 3.63) is 60.4 Å². The molecule has 1 unspecified atom stereocenters. The van der Waals surface area contributed by atoms with E-state index in [4.69, 9.17) is 4.74 Å². The lowest BCUT2D eigenvalue weighted by molar-refractivity contribution is 0.0396. The lowest BCUT2D eigenvalue weighted by Crippen LogP contribution is -2.47. The molecule has 22 heavy (non-hydrogen) atoms. The minimum Gasteiger partial charge on any atom is -0.373 e. The van der Waals surface area contributed by atoms with Gasteiger partial charge in [-0.3, -0.25) is 9.78 Å². The first-order valence-corrected chi connectivity index (χ1v) is 7.44. The van der Waals surface area contributed by atoms with Gasteiger partial charge in [0.05, 0.1) is 12.7 Å². The smallest absolute Gasteiger partial charge is 0.269 e. The van der Waals surface area contributed by atoms with Crippen molar-refractivity contribution < 1.29 is 9.53 Å². The van der Waals surface area contributed by atoms with E-state index >= 15 is 0 Å². The number of nitrogens with one attached hydrogen (secondary N) is 1. The Bertz CT molecular complexity index is 604. The Balaban J connectivity index is 1.54. The number of amides is 1. The number of anilines is 1. The number of nitrogens with zero attached hydrogens (tertiary/aromatic N) is 2. The highest BCUT2D eigenvalue weighted by Crippen LogP contribution is 2.16. The first kappa shape index (κ1) is 14.5. The number of rotatable bonds is 4. The Kier molecular flexibility index (Phi) is 4.65. The van der Waals surface area contributed by atoms with Crippen molar-refractivity contribution in [1.29, 1.82) is 0 Å². The van der Waals surface area contributed by atoms with E-state index in [2.05, 4.69) is 27.3 Å². The van der Waals surface area contributed by atoms with Crippen LogP contribution in [0.3, 0.4) is 0 Å². The number of hydrogen-bond acceptors (Lipinski definition) is 4. The number of ether oxygens (including phenoxy) is 1. The zero-order chi connectivity index (χ0) is 15.2. The second-order valence-electron chi connectivity index (χ2n) is 5.20. The molecule has 2 heterocycles. The molecule has 1 aromatic carbocycles. The van der Waals surface area contributed by atoms with Gasteiger partial charge in [-0.2, -0.15) is 0 Å². The second kappa shape index (κ2) is 7.04. The summed E-state index contributed by atoms with van der Waals surface area (Å²) in [5, 5.41) is 2.89. The van der Waals surface area contributed by atoms with Gasteiger partial charge in [0.2, 0.25) is 0 Å². The summed E-state index contributed by atoms with van der Waals surface area (Å²) in [6.07, 6.45) is 1.60. The summed E-state index contributed by atoms with van der Waals surface area (Å²) in [5.41, 5.74) is 1.62. The molecule has 0 aliphatic carbocycles. The van der Waals surface area contributed by atoms with E-state index in [9.17, 15) is 4.79 Å². The van der Waals surface area contributed by atoms with Crippen LogP contribution in [0.2, 0.25) is 0 Å². The summed E-state index contributed by atoms with van der Waals surface area (Å²) in [4.78, 5) is 18.3. The minimum absolute atomic E-state index is 0.0124. The largest absolute Gasteiger partial charge is 0.373 e. The van der Waals surface area contributed by atoms with Crippen LogP contribution in [0.1, 0.15) is 10.5 Å². The van der Waals surface area contributed by atoms with Crippen molar-refractivity contribution in [3.63, 3.8) is 0 Å². The van der Waals surface area contributed by atoms with E-state index in [1.54, 1.807) is 24.4 Å². The van der Waals surface area contributed by atoms with E-state index < -0.39 is 0 Å². The van der Waals surface area contributed by atoms with Crippen LogP contribution in [0.15, 0.2) is 54.7 Å². The molecular formula is C17H19N3O2. The van der Waals surface area contributed by atoms with Crippen LogP contribution < -0.4 is 10.2 Å². The number of para-hydroxylation sites is 1. The van der Waals surface area contributed by atoms with Crippen LogP contribution in [-0.2, 0) is 4.74 Å². The molecule has 1 aliphatic rings. The summed E-state index contributed by atoms with van der Waals surface area (Å²) in [6.45, 7) is 2.79. The fraction of sp³-hybridized carbons (Fsp3) is 0.294. The fourth-order valence-corrected chi connectivity index (χ4v) is 2.51. The van der Waals surface area contributed by atoms with Gasteiger partial charge in [-0.05, 0) is 24.3 Å². The number of pyridine rings is 1. The highest BCUT2D eigenvalue weighted by atomic mass is 16.5. The maximum absolute atomic E-state index is 12.0. The van der Waals surface area contributed by atoms with Gasteiger partial charge in [0, 0.05) is 31.5 Å². The van der Waals surface area contributed by atoms with Crippen molar-refractivity contribution in [3.8, 4) is 0 Å². The van der Waals surface area contributed by atoms with Crippen LogP contribution in [-0.4, -0.2) is 43.2 Å². The highest BCUT2D eigenvalue weighted by Gasteiger charge is 2.21. The second-order valence-corrected chi connectivity index (χ2v) is 5.20. The molecule has 1 N–H and O–H groups in total. The predicted molar refractivity (Wildman–Crippen MR) is 85.0 cm³/mol. The molecule has 1 saturated heterocycles. The Morgan fingerprint density at radius 3 is 2.82 bits per heavy atom. The van der Waals surface area contributed by atoms with E-state index in [0.29, 0.717) is 18.8 Å². The molecule has 1 fully saturated rings. The van der Waals surface area contributed by atoms with E-state index in [-0.39, 0.29) is 12.0 Å². The summed E-state index contributed by atoms with van der Waals surface area (Å²) in [5.74, 6) is -0.166. The summed E-state index contributed by atoms with van der Waals surface area (Å²) >= 11 is 0. The monoisotopic (exact) mass is 297 g/mol. The molecular weight excluding hydrogens is 278 g/mol. The third kappa shape index (κ3) is 3.62. The van der Waals surface area contributed by atoms with Gasteiger partial charge in [-0.25, -0.2) is 0 Å². The zero-order valence-electron chi connectivity index (χ0n) is 12.3. The lowest BCUT2D eigenvalue weighted by Gasteiger charge is -2.34. The molecule has 1 aliphatic heterocycles. The van der Waals surface area contributed by atoms with Gasteiger partial charge in [0.15, 0.2) is 0 Å². The summed E-state index contributed by atoms with van der Waals surface area (Å²) in [7, 11) is 0. The molecule has 2 aromatic rings. The molecule has 1 amide bonds. The Morgan fingerprint density at radius 1 is 1.23 bits per heavy atom. The van der Waals surface area contributed by atoms with Crippen molar-refractivity contribution in [2.24, 2.45) is 0 Å². The third-order valence-electron chi connectivity index (χ3n) is 3.65. The van der Waals surface area contributed by atoms with Gasteiger partial charge >= 0.3 is 0 Å². The number of carbonyl (C=O) groups excluding carboxylic acids is 1. The van der Waals surface area contributed by atoms with Crippen molar-refractivity contribution in [2.75, 3.05) is 31.1 Å². The first-order valence-electron chi connectivity index (χ1n) is 7.44. The Labute approximate surface area is 129 Å². The van der Waals surface area contributed by atoms with Crippen molar-refractivity contribution in [1.82, 2.24) is 10.3 Å². The number of morpholine rings is 1. The minimum atomic E-state index is -0.166. The quantitative estimate of drug-likeness (QED) is 0.933. The first-order chi connectivity index (χ1) is 10.8. The maximum atomic E-state index is 12.0. The molecule has 0 bridgehead atoms. The highest BCUT2D eigenvalue weighted by molar-refractivity contribution is 5.92. The van der Waals surface area contributed by atoms with Crippen molar-refractivity contribution >= 4 is 11.6 Å². The maximum Gasteiger partial charge on any atom is 0.269 e. The van der Waals surface area contributed by atoms with Gasteiger partial charge in [-0.1, -0.05) is 24.3 Å². The normalized spacial score (nSPS) is 18.0. The van der Waals surface area contributed by atoms with Gasteiger partial charge < -0.3 is 15.0 Å². The van der Waals surface area contributed by atoms with Crippen LogP contribution in [0.5, 0.6) is 0 Å². The molecule has 1 atom stereocenters. The van der Waals surface area contributed by atoms with E-state index in [1.807, 2.05) is 18.2 Å². The zero-order valence-corrected chi connectivity index (χ0v) is 12.3. The molecule has 1 aromatic heterocycles. The standard InChI is InChI=1S/C17H19N3O2/c21-17(16-8-4-5-9-18-16)19-12-15-13-20(10-11-22-15)14-6-2-1-3-7-14/h1-9,15H,10-13H2,(H,19,21). The van der Waals surface area contributed by atoms with Gasteiger partial charge in [0.25, 0.3) is 5.91 Å². The van der Waals surface area contributed by atoms with Crippen LogP contribution in [0.25, 0.3) is 0 Å². The van der Waals surface area contributed by atoms with Gasteiger partial charge in [0.1, 0.15) is 5.69 Å². The lowest BCUT2D eigenvalue weighted by atomic mass is 10.2. The van der Waals surface area contributed by atoms with E-state index in [1.165, 1.54) is 5.69 Å². The van der Waals surface area contributed by atoms with Crippen molar-refractivity contribution in [2.45, 2.75) is 6.10 Å². The summed E-state index contributed by atoms with van der Waals surface area (Å²) < 4.78 is 5.74. The average Bonchev–Trinajstić information content (AvgIpc) is 2.61. The van der Waals surface area contributed by atoms with Crippen LogP contribution >= 0.6 is 0 Å². The molecule has 0 spiro atoms. The SMILES string of the molecule is O=C(NCC1CN(c2ccccc2)CCO1)c1ccccn1. The number of benzene rings is 1. The molecule has 0 radical (unpaired) electrons. The van der Waals surface area contributed by atoms with E-state index in [0.717, 1.165) is 13.1 Å². The Morgan fingerprint density at radius 2 is 2.05 bits per heavy atom. The topological polar surface area (TPSA) is 54.5 Å². The molecule has 0 saturated carbocycles. The molecule has 5 nitrogen and oxygen atoms in total. The molecule has 114 valence electrons. The number of carbonyl (C=O) groups is 1. The third-order valence-corrected chi connectivity index (χ3v) is 3.65. The number of aromatic nitrogens is 1. The Hall–Kier alpha value is -2.40. The summed E-state index contributed by atoms with van der Waals surface area (Å²) in [6, 6.07) is 15.5. The van der Waals surface area contributed by atoms with Crippen LogP contribution in [0, 0.1) is 0 Å². The average molecular weight is 297 g/mol. The molecule has 3 rings (SSSR count). The molecule has 5 heteroatoms. The van der Waals surface area contributed by atoms with Crippen LogP contribution in [0.4, 0.5) is 5.69 Å². The predicted octanol–water partition coefficient (Wildman–Crippen LogP) is 1.72. The fourth-order valence-electron chi connectivity index (χ4n) is 2.51. The number of hydrogen-bond donors (Lipinski definition) is 1. The van der Waals surface area contributed by atoms with Gasteiger partial charge in [-0.15, -0.1) is 0 Å².